The van der Waals surface area contributed by atoms with E-state index in [9.17, 15) is 8.42 Å². The van der Waals surface area contributed by atoms with Gasteiger partial charge in [-0.2, -0.15) is 0 Å². The number of fused-ring (bicyclic) bond motifs is 1. The van der Waals surface area contributed by atoms with E-state index in [4.69, 9.17) is 21.1 Å². The lowest BCUT2D eigenvalue weighted by molar-refractivity contribution is -0.127. The fourth-order valence-corrected chi connectivity index (χ4v) is 7.87. The highest BCUT2D eigenvalue weighted by atomic mass is 35.5. The third-order valence-corrected chi connectivity index (χ3v) is 10.0. The Balaban J connectivity index is 1.56. The van der Waals surface area contributed by atoms with Crippen molar-refractivity contribution < 1.29 is 22.7 Å². The summed E-state index contributed by atoms with van der Waals surface area (Å²) in [5.74, 6) is -0.313. The van der Waals surface area contributed by atoms with Gasteiger partial charge in [0.1, 0.15) is 10.6 Å². The van der Waals surface area contributed by atoms with Gasteiger partial charge in [0.05, 0.1) is 19.9 Å². The Morgan fingerprint density at radius 3 is 2.33 bits per heavy atom. The summed E-state index contributed by atoms with van der Waals surface area (Å²) in [4.78, 5) is 27.7. The van der Waals surface area contributed by atoms with Crippen molar-refractivity contribution in [2.45, 2.75) is 17.4 Å². The molecule has 2 aliphatic heterocycles. The minimum Gasteiger partial charge on any atom is -0.495 e. The van der Waals surface area contributed by atoms with E-state index < -0.39 is 21.5 Å². The van der Waals surface area contributed by atoms with Gasteiger partial charge in [0.2, 0.25) is 5.88 Å². The maximum Gasteiger partial charge on any atom is 0.274 e. The highest BCUT2D eigenvalue weighted by Crippen LogP contribution is 2.53. The maximum absolute atomic E-state index is 15.1. The molecule has 2 aliphatic rings. The van der Waals surface area contributed by atoms with Crippen LogP contribution in [-0.4, -0.2) is 69.6 Å². The Labute approximate surface area is 255 Å². The average Bonchev–Trinajstić information content (AvgIpc) is 3.29. The molecular formula is C31H30ClN5O5S. The van der Waals surface area contributed by atoms with Crippen LogP contribution in [-0.2, 0) is 20.4 Å². The van der Waals surface area contributed by atoms with E-state index in [2.05, 4.69) is 14.9 Å². The number of carbonyl (C=O) groups is 1. The molecule has 1 saturated heterocycles. The smallest absolute Gasteiger partial charge is 0.274 e. The van der Waals surface area contributed by atoms with Crippen LogP contribution in [0.25, 0.3) is 0 Å². The van der Waals surface area contributed by atoms with Gasteiger partial charge in [-0.1, -0.05) is 17.7 Å². The lowest BCUT2D eigenvalue weighted by Crippen LogP contribution is -2.60. The van der Waals surface area contributed by atoms with Crippen LogP contribution in [0, 0.1) is 6.92 Å². The largest absolute Gasteiger partial charge is 0.495 e. The van der Waals surface area contributed by atoms with Crippen LogP contribution in [0.15, 0.2) is 84.1 Å². The molecule has 0 radical (unpaired) electrons. The van der Waals surface area contributed by atoms with E-state index in [1.54, 1.807) is 61.1 Å². The zero-order valence-electron chi connectivity index (χ0n) is 23.9. The third-order valence-electron chi connectivity index (χ3n) is 8.03. The predicted molar refractivity (Wildman–Crippen MR) is 163 cm³/mol. The summed E-state index contributed by atoms with van der Waals surface area (Å²) in [7, 11) is -1.57. The first-order chi connectivity index (χ1) is 20.7. The van der Waals surface area contributed by atoms with Crippen LogP contribution in [0.1, 0.15) is 16.7 Å². The van der Waals surface area contributed by atoms with Gasteiger partial charge in [0, 0.05) is 66.6 Å². The molecule has 6 rings (SSSR count). The van der Waals surface area contributed by atoms with Crippen LogP contribution in [0.2, 0.25) is 5.02 Å². The zero-order chi connectivity index (χ0) is 30.4. The number of amides is 1. The van der Waals surface area contributed by atoms with E-state index in [0.717, 1.165) is 15.6 Å². The van der Waals surface area contributed by atoms with E-state index in [1.807, 2.05) is 24.0 Å². The van der Waals surface area contributed by atoms with Crippen molar-refractivity contribution in [2.24, 2.45) is 0 Å². The van der Waals surface area contributed by atoms with Gasteiger partial charge in [-0.25, -0.2) is 17.7 Å². The van der Waals surface area contributed by atoms with Crippen molar-refractivity contribution in [3.63, 3.8) is 0 Å². The molecule has 2 aromatic heterocycles. The molecule has 4 heterocycles. The SMILES string of the molecule is COc1cc(C)ccc1S(=O)(=O)N1C(=O)C(c2cccnc2OC)(N2CCN(c3ccncc3)CC2)c2cc(Cl)ccc21. The van der Waals surface area contributed by atoms with E-state index in [-0.39, 0.29) is 22.2 Å². The van der Waals surface area contributed by atoms with Crippen molar-refractivity contribution in [2.75, 3.05) is 49.6 Å². The fraction of sp³-hybridized carbons (Fsp3) is 0.258. The Morgan fingerprint density at radius 1 is 0.884 bits per heavy atom. The molecule has 222 valence electrons. The molecule has 0 saturated carbocycles. The number of methoxy groups -OCH3 is 2. The highest BCUT2D eigenvalue weighted by Gasteiger charge is 2.61. The fourth-order valence-electron chi connectivity index (χ4n) is 6.09. The molecule has 1 atom stereocenters. The molecule has 1 unspecified atom stereocenters. The molecular weight excluding hydrogens is 590 g/mol. The summed E-state index contributed by atoms with van der Waals surface area (Å²) in [6.45, 7) is 3.86. The summed E-state index contributed by atoms with van der Waals surface area (Å²) >= 11 is 6.57. The molecule has 12 heteroatoms. The minimum atomic E-state index is -4.45. The van der Waals surface area contributed by atoms with Gasteiger partial charge in [0.15, 0.2) is 5.54 Å². The van der Waals surface area contributed by atoms with E-state index >= 15 is 4.79 Å². The number of aryl methyl sites for hydroxylation is 1. The summed E-state index contributed by atoms with van der Waals surface area (Å²) < 4.78 is 41.0. The number of carbonyl (C=O) groups excluding carboxylic acids is 1. The van der Waals surface area contributed by atoms with Crippen molar-refractivity contribution >= 4 is 38.9 Å². The van der Waals surface area contributed by atoms with Crippen LogP contribution < -0.4 is 18.7 Å². The topological polar surface area (TPSA) is 105 Å². The molecule has 0 bridgehead atoms. The Kier molecular flexibility index (Phi) is 7.49. The number of hydrogen-bond acceptors (Lipinski definition) is 9. The number of halogens is 1. The second kappa shape index (κ2) is 11.1. The quantitative estimate of drug-likeness (QED) is 0.300. The van der Waals surface area contributed by atoms with Gasteiger partial charge >= 0.3 is 0 Å². The first kappa shape index (κ1) is 28.9. The molecule has 0 aliphatic carbocycles. The summed E-state index contributed by atoms with van der Waals surface area (Å²) in [6.07, 6.45) is 5.05. The second-order valence-corrected chi connectivity index (χ2v) is 12.5. The van der Waals surface area contributed by atoms with E-state index in [0.29, 0.717) is 42.3 Å². The number of rotatable bonds is 7. The second-order valence-electron chi connectivity index (χ2n) is 10.3. The van der Waals surface area contributed by atoms with Gasteiger partial charge in [-0.3, -0.25) is 14.7 Å². The molecule has 1 fully saturated rings. The van der Waals surface area contributed by atoms with Gasteiger partial charge in [-0.05, 0) is 67.1 Å². The Bertz CT molecular complexity index is 1800. The maximum atomic E-state index is 15.1. The summed E-state index contributed by atoms with van der Waals surface area (Å²) in [5.41, 5.74) is 1.30. The summed E-state index contributed by atoms with van der Waals surface area (Å²) in [5, 5.41) is 0.362. The number of nitrogens with zero attached hydrogens (tertiary/aromatic N) is 5. The van der Waals surface area contributed by atoms with E-state index in [1.165, 1.54) is 20.3 Å². The van der Waals surface area contributed by atoms with Crippen LogP contribution in [0.3, 0.4) is 0 Å². The molecule has 4 aromatic rings. The van der Waals surface area contributed by atoms with Crippen LogP contribution >= 0.6 is 11.6 Å². The van der Waals surface area contributed by atoms with Crippen LogP contribution in [0.4, 0.5) is 11.4 Å². The first-order valence-corrected chi connectivity index (χ1v) is 15.5. The van der Waals surface area contributed by atoms with Crippen molar-refractivity contribution in [3.05, 3.63) is 101 Å². The lowest BCUT2D eigenvalue weighted by atomic mass is 9.82. The lowest BCUT2D eigenvalue weighted by Gasteiger charge is -2.45. The monoisotopic (exact) mass is 619 g/mol. The Morgan fingerprint density at radius 2 is 1.63 bits per heavy atom. The zero-order valence-corrected chi connectivity index (χ0v) is 25.5. The Hall–Kier alpha value is -4.19. The number of anilines is 2. The first-order valence-electron chi connectivity index (χ1n) is 13.7. The number of aromatic nitrogens is 2. The molecule has 2 aromatic carbocycles. The number of piperazine rings is 1. The number of ether oxygens (including phenoxy) is 2. The van der Waals surface area contributed by atoms with Gasteiger partial charge in [-0.15, -0.1) is 0 Å². The normalized spacial score (nSPS) is 18.9. The molecule has 0 spiro atoms. The number of benzene rings is 2. The molecule has 43 heavy (non-hydrogen) atoms. The van der Waals surface area contributed by atoms with Crippen molar-refractivity contribution in [3.8, 4) is 11.6 Å². The standard InChI is InChI=1S/C31H30ClN5O5S/c1-21-6-9-28(27(19-21)41-2)43(39,40)37-26-8-7-22(32)20-25(26)31(30(37)38,24-5-4-12-34-29(24)42-3)36-17-15-35(16-18-36)23-10-13-33-14-11-23/h4-14,19-20H,15-18H2,1-3H3. The predicted octanol–water partition coefficient (Wildman–Crippen LogP) is 4.26. The summed E-state index contributed by atoms with van der Waals surface area (Å²) in [6, 6.07) is 16.9. The molecule has 10 nitrogen and oxygen atoms in total. The van der Waals surface area contributed by atoms with Gasteiger partial charge in [0.25, 0.3) is 15.9 Å². The number of pyridine rings is 2. The van der Waals surface area contributed by atoms with Crippen LogP contribution in [0.5, 0.6) is 11.6 Å². The number of sulfonamides is 1. The molecule has 0 N–H and O–H groups in total. The third kappa shape index (κ3) is 4.59. The molecule has 1 amide bonds. The van der Waals surface area contributed by atoms with Crippen molar-refractivity contribution in [1.82, 2.24) is 14.9 Å². The van der Waals surface area contributed by atoms with Gasteiger partial charge < -0.3 is 14.4 Å². The highest BCUT2D eigenvalue weighted by molar-refractivity contribution is 7.93. The average molecular weight is 620 g/mol. The van der Waals surface area contributed by atoms with Crippen molar-refractivity contribution in [1.29, 1.82) is 0 Å². The number of hydrogen-bond donors (Lipinski definition) is 0. The minimum absolute atomic E-state index is 0.119.